The standard InChI is InChI=1S/C14H17ClN6/c1-20(2)13(10-7-18-21(3)9-10)8-17-14-5-4-11(15)12(6-16)19-14/h4-5,7,9,13H,8H2,1-3H3,(H,17,19). The van der Waals surface area contributed by atoms with E-state index < -0.39 is 0 Å². The zero-order valence-corrected chi connectivity index (χ0v) is 13.0. The van der Waals surface area contributed by atoms with Gasteiger partial charge in [-0.2, -0.15) is 10.4 Å². The molecule has 0 radical (unpaired) electrons. The maximum Gasteiger partial charge on any atom is 0.161 e. The summed E-state index contributed by atoms with van der Waals surface area (Å²) < 4.78 is 1.78. The van der Waals surface area contributed by atoms with E-state index in [0.717, 1.165) is 5.56 Å². The van der Waals surface area contributed by atoms with E-state index in [1.54, 1.807) is 16.8 Å². The summed E-state index contributed by atoms with van der Waals surface area (Å²) in [6, 6.07) is 5.56. The first-order valence-corrected chi connectivity index (χ1v) is 6.84. The molecule has 0 saturated carbocycles. The van der Waals surface area contributed by atoms with E-state index in [1.807, 2.05) is 39.6 Å². The van der Waals surface area contributed by atoms with E-state index in [4.69, 9.17) is 16.9 Å². The minimum absolute atomic E-state index is 0.154. The van der Waals surface area contributed by atoms with Crippen molar-refractivity contribution in [2.24, 2.45) is 7.05 Å². The van der Waals surface area contributed by atoms with Crippen molar-refractivity contribution in [3.63, 3.8) is 0 Å². The van der Waals surface area contributed by atoms with Gasteiger partial charge >= 0.3 is 0 Å². The van der Waals surface area contributed by atoms with Gasteiger partial charge in [0.2, 0.25) is 0 Å². The highest BCUT2D eigenvalue weighted by Gasteiger charge is 2.16. The molecule has 1 atom stereocenters. The Morgan fingerprint density at radius 1 is 1.48 bits per heavy atom. The molecule has 7 heteroatoms. The summed E-state index contributed by atoms with van der Waals surface area (Å²) in [5.74, 6) is 0.631. The average Bonchev–Trinajstić information content (AvgIpc) is 2.86. The van der Waals surface area contributed by atoms with Crippen molar-refractivity contribution in [2.75, 3.05) is 26.0 Å². The van der Waals surface area contributed by atoms with Crippen LogP contribution in [0.5, 0.6) is 0 Å². The predicted octanol–water partition coefficient (Wildman–Crippen LogP) is 2.05. The molecule has 1 N–H and O–H groups in total. The van der Waals surface area contributed by atoms with Crippen molar-refractivity contribution in [3.8, 4) is 6.07 Å². The number of aryl methyl sites for hydroxylation is 1. The Morgan fingerprint density at radius 3 is 2.81 bits per heavy atom. The third-order valence-corrected chi connectivity index (χ3v) is 3.47. The van der Waals surface area contributed by atoms with Crippen LogP contribution in [0, 0.1) is 11.3 Å². The van der Waals surface area contributed by atoms with Gasteiger partial charge in [0.25, 0.3) is 0 Å². The van der Waals surface area contributed by atoms with Crippen molar-refractivity contribution in [1.29, 1.82) is 5.26 Å². The summed E-state index contributed by atoms with van der Waals surface area (Å²) in [5.41, 5.74) is 1.34. The second kappa shape index (κ2) is 6.57. The van der Waals surface area contributed by atoms with E-state index in [0.29, 0.717) is 17.4 Å². The van der Waals surface area contributed by atoms with E-state index >= 15 is 0 Å². The molecule has 0 aromatic carbocycles. The average molecular weight is 305 g/mol. The number of anilines is 1. The number of pyridine rings is 1. The second-order valence-electron chi connectivity index (χ2n) is 4.95. The smallest absolute Gasteiger partial charge is 0.161 e. The minimum atomic E-state index is 0.154. The van der Waals surface area contributed by atoms with Crippen LogP contribution in [0.1, 0.15) is 17.3 Å². The molecule has 6 nitrogen and oxygen atoms in total. The largest absolute Gasteiger partial charge is 0.368 e. The van der Waals surface area contributed by atoms with Gasteiger partial charge in [-0.1, -0.05) is 11.6 Å². The number of hydrogen-bond donors (Lipinski definition) is 1. The van der Waals surface area contributed by atoms with Crippen LogP contribution in [0.4, 0.5) is 5.82 Å². The molecule has 0 aliphatic rings. The molecule has 21 heavy (non-hydrogen) atoms. The number of nitrogens with one attached hydrogen (secondary N) is 1. The topological polar surface area (TPSA) is 69.8 Å². The maximum atomic E-state index is 8.95. The highest BCUT2D eigenvalue weighted by atomic mass is 35.5. The van der Waals surface area contributed by atoms with Crippen molar-refractivity contribution < 1.29 is 0 Å². The van der Waals surface area contributed by atoms with Gasteiger partial charge in [-0.25, -0.2) is 4.98 Å². The number of rotatable bonds is 5. The Balaban J connectivity index is 2.11. The van der Waals surface area contributed by atoms with Crippen LogP contribution in [-0.4, -0.2) is 40.3 Å². The molecule has 1 unspecified atom stereocenters. The molecule has 0 saturated heterocycles. The number of nitriles is 1. The van der Waals surface area contributed by atoms with Crippen LogP contribution in [0.2, 0.25) is 5.02 Å². The Hall–Kier alpha value is -2.10. The van der Waals surface area contributed by atoms with Crippen LogP contribution in [0.15, 0.2) is 24.5 Å². The van der Waals surface area contributed by atoms with Crippen LogP contribution in [0.25, 0.3) is 0 Å². The highest BCUT2D eigenvalue weighted by Crippen LogP contribution is 2.20. The fourth-order valence-corrected chi connectivity index (χ4v) is 2.18. The lowest BCUT2D eigenvalue weighted by molar-refractivity contribution is 0.311. The molecule has 0 bridgehead atoms. The molecule has 2 rings (SSSR count). The van der Waals surface area contributed by atoms with E-state index in [-0.39, 0.29) is 11.7 Å². The Kier molecular flexibility index (Phi) is 4.78. The first kappa shape index (κ1) is 15.3. The lowest BCUT2D eigenvalue weighted by Gasteiger charge is -2.23. The summed E-state index contributed by atoms with van der Waals surface area (Å²) in [7, 11) is 5.91. The third-order valence-electron chi connectivity index (χ3n) is 3.16. The molecule has 0 spiro atoms. The van der Waals surface area contributed by atoms with Crippen LogP contribution < -0.4 is 5.32 Å². The number of aromatic nitrogens is 3. The fraction of sp³-hybridized carbons (Fsp3) is 0.357. The molecular formula is C14H17ClN6. The summed E-state index contributed by atoms with van der Waals surface area (Å²) >= 11 is 5.88. The molecule has 0 amide bonds. The molecule has 110 valence electrons. The van der Waals surface area contributed by atoms with Crippen LogP contribution in [-0.2, 0) is 7.05 Å². The molecular weight excluding hydrogens is 288 g/mol. The summed E-state index contributed by atoms with van der Waals surface area (Å²) in [5, 5.41) is 16.7. The summed E-state index contributed by atoms with van der Waals surface area (Å²) in [6.45, 7) is 0.651. The van der Waals surface area contributed by atoms with Gasteiger partial charge in [-0.15, -0.1) is 0 Å². The Labute approximate surface area is 129 Å². The first-order valence-electron chi connectivity index (χ1n) is 6.46. The quantitative estimate of drug-likeness (QED) is 0.915. The van der Waals surface area contributed by atoms with Gasteiger partial charge in [0.05, 0.1) is 17.3 Å². The normalized spacial score (nSPS) is 12.2. The zero-order valence-electron chi connectivity index (χ0n) is 12.2. The van der Waals surface area contributed by atoms with E-state index in [9.17, 15) is 0 Å². The van der Waals surface area contributed by atoms with Gasteiger partial charge in [0.15, 0.2) is 5.69 Å². The van der Waals surface area contributed by atoms with Crippen molar-refractivity contribution in [2.45, 2.75) is 6.04 Å². The van der Waals surface area contributed by atoms with Crippen molar-refractivity contribution in [3.05, 3.63) is 40.8 Å². The first-order chi connectivity index (χ1) is 10.0. The second-order valence-corrected chi connectivity index (χ2v) is 5.35. The van der Waals surface area contributed by atoms with E-state index in [1.165, 1.54) is 0 Å². The maximum absolute atomic E-state index is 8.95. The third kappa shape index (κ3) is 3.72. The van der Waals surface area contributed by atoms with Gasteiger partial charge < -0.3 is 10.2 Å². The van der Waals surface area contributed by atoms with Gasteiger partial charge in [0, 0.05) is 25.4 Å². The molecule has 2 aromatic rings. The molecule has 0 fully saturated rings. The zero-order chi connectivity index (χ0) is 15.4. The van der Waals surface area contributed by atoms with E-state index in [2.05, 4.69) is 20.3 Å². The lowest BCUT2D eigenvalue weighted by Crippen LogP contribution is -2.26. The van der Waals surface area contributed by atoms with Crippen molar-refractivity contribution >= 4 is 17.4 Å². The predicted molar refractivity (Wildman–Crippen MR) is 82.1 cm³/mol. The number of likely N-dealkylation sites (N-methyl/N-ethyl adjacent to an activating group) is 1. The SMILES string of the molecule is CN(C)C(CNc1ccc(Cl)c(C#N)n1)c1cnn(C)c1. The van der Waals surface area contributed by atoms with Crippen LogP contribution >= 0.6 is 11.6 Å². The summed E-state index contributed by atoms with van der Waals surface area (Å²) in [6.07, 6.45) is 3.84. The number of nitrogens with zero attached hydrogens (tertiary/aromatic N) is 5. The molecule has 0 aliphatic carbocycles. The van der Waals surface area contributed by atoms with Gasteiger partial charge in [-0.05, 0) is 26.2 Å². The van der Waals surface area contributed by atoms with Crippen molar-refractivity contribution in [1.82, 2.24) is 19.7 Å². The fourth-order valence-electron chi connectivity index (χ4n) is 2.03. The van der Waals surface area contributed by atoms with Gasteiger partial charge in [0.1, 0.15) is 11.9 Å². The lowest BCUT2D eigenvalue weighted by atomic mass is 10.1. The Morgan fingerprint density at radius 2 is 2.24 bits per heavy atom. The molecule has 2 heterocycles. The van der Waals surface area contributed by atoms with Crippen LogP contribution in [0.3, 0.4) is 0 Å². The number of hydrogen-bond acceptors (Lipinski definition) is 5. The minimum Gasteiger partial charge on any atom is -0.368 e. The molecule has 2 aromatic heterocycles. The highest BCUT2D eigenvalue weighted by molar-refractivity contribution is 6.31. The molecule has 0 aliphatic heterocycles. The Bertz CT molecular complexity index is 658. The monoisotopic (exact) mass is 304 g/mol. The number of halogens is 1. The summed E-state index contributed by atoms with van der Waals surface area (Å²) in [4.78, 5) is 6.28. The van der Waals surface area contributed by atoms with Gasteiger partial charge in [-0.3, -0.25) is 4.68 Å².